The van der Waals surface area contributed by atoms with E-state index >= 15 is 0 Å². The van der Waals surface area contributed by atoms with E-state index in [0.717, 1.165) is 5.16 Å². The highest BCUT2D eigenvalue weighted by Gasteiger charge is 2.04. The first-order valence-electron chi connectivity index (χ1n) is 4.33. The Kier molecular flexibility index (Phi) is 4.64. The molecule has 16 heavy (non-hydrogen) atoms. The van der Waals surface area contributed by atoms with Gasteiger partial charge in [-0.05, 0) is 12.5 Å². The lowest BCUT2D eigenvalue weighted by atomic mass is 11.0. The highest BCUT2D eigenvalue weighted by atomic mass is 32.2. The predicted octanol–water partition coefficient (Wildman–Crippen LogP) is 0.581. The van der Waals surface area contributed by atoms with Crippen molar-refractivity contribution in [3.05, 3.63) is 5.62 Å². The molecule has 0 bridgehead atoms. The van der Waals surface area contributed by atoms with Crippen LogP contribution >= 0.6 is 23.5 Å². The van der Waals surface area contributed by atoms with Crippen molar-refractivity contribution in [1.29, 1.82) is 5.26 Å². The van der Waals surface area contributed by atoms with Crippen LogP contribution in [-0.4, -0.2) is 32.0 Å². The van der Waals surface area contributed by atoms with Crippen molar-refractivity contribution in [3.8, 4) is 6.19 Å². The van der Waals surface area contributed by atoms with Gasteiger partial charge in [0.15, 0.2) is 5.16 Å². The van der Waals surface area contributed by atoms with Gasteiger partial charge < -0.3 is 0 Å². The molecule has 0 saturated carbocycles. The van der Waals surface area contributed by atoms with Crippen LogP contribution in [0.4, 0.5) is 0 Å². The summed E-state index contributed by atoms with van der Waals surface area (Å²) in [7, 11) is 3.76. The first kappa shape index (κ1) is 12.9. The van der Waals surface area contributed by atoms with Crippen molar-refractivity contribution >= 4 is 28.7 Å². The number of amidine groups is 1. The summed E-state index contributed by atoms with van der Waals surface area (Å²) >= 11 is 2.85. The molecule has 0 aliphatic heterocycles. The average Bonchev–Trinajstić information content (AvgIpc) is 2.56. The summed E-state index contributed by atoms with van der Waals surface area (Å²) in [5.74, 6) is 0. The Bertz CT molecular complexity index is 504. The van der Waals surface area contributed by atoms with Crippen molar-refractivity contribution in [1.82, 2.24) is 14.3 Å². The molecule has 0 atom stereocenters. The van der Waals surface area contributed by atoms with E-state index in [9.17, 15) is 0 Å². The van der Waals surface area contributed by atoms with Crippen molar-refractivity contribution in [2.75, 3.05) is 12.5 Å². The van der Waals surface area contributed by atoms with E-state index in [1.54, 1.807) is 10.9 Å². The standard InChI is InChI=1S/C8H12N6S2/c1-13-6(11-7(15-3)10-5-9)12-8(16-4)14(13)2/h1-4H3/b10-7?,11-6-. The van der Waals surface area contributed by atoms with E-state index in [-0.39, 0.29) is 0 Å². The lowest BCUT2D eigenvalue weighted by Gasteiger charge is -2.00. The first-order chi connectivity index (χ1) is 7.63. The van der Waals surface area contributed by atoms with Gasteiger partial charge in [-0.15, -0.1) is 4.99 Å². The van der Waals surface area contributed by atoms with E-state index in [1.807, 2.05) is 31.3 Å². The molecule has 86 valence electrons. The minimum atomic E-state index is 0.406. The van der Waals surface area contributed by atoms with Gasteiger partial charge in [0.2, 0.25) is 17.0 Å². The van der Waals surface area contributed by atoms with Gasteiger partial charge in [0.25, 0.3) is 0 Å². The average molecular weight is 256 g/mol. The van der Waals surface area contributed by atoms with Crippen molar-refractivity contribution in [2.45, 2.75) is 5.16 Å². The largest absolute Gasteiger partial charge is 0.263 e. The molecule has 0 radical (unpaired) electrons. The smallest absolute Gasteiger partial charge is 0.249 e. The quantitative estimate of drug-likeness (QED) is 0.319. The molecule has 1 rings (SSSR count). The second-order valence-corrected chi connectivity index (χ2v) is 4.30. The van der Waals surface area contributed by atoms with Gasteiger partial charge in [-0.3, -0.25) is 9.36 Å². The molecule has 0 fully saturated rings. The van der Waals surface area contributed by atoms with Gasteiger partial charge >= 0.3 is 0 Å². The summed E-state index contributed by atoms with van der Waals surface area (Å²) in [6.07, 6.45) is 5.49. The molecule has 1 aromatic heterocycles. The van der Waals surface area contributed by atoms with Crippen LogP contribution in [0.15, 0.2) is 15.1 Å². The molecule has 0 aromatic carbocycles. The van der Waals surface area contributed by atoms with E-state index in [2.05, 4.69) is 15.0 Å². The normalized spacial score (nSPS) is 12.9. The maximum Gasteiger partial charge on any atom is 0.249 e. The van der Waals surface area contributed by atoms with Gasteiger partial charge in [0, 0.05) is 14.1 Å². The Labute approximate surface area is 102 Å². The molecule has 0 saturated heterocycles. The third kappa shape index (κ3) is 2.68. The maximum absolute atomic E-state index is 8.47. The molecule has 0 N–H and O–H groups in total. The van der Waals surface area contributed by atoms with Crippen molar-refractivity contribution in [2.24, 2.45) is 24.1 Å². The second-order valence-electron chi connectivity index (χ2n) is 2.76. The van der Waals surface area contributed by atoms with Crippen LogP contribution in [0.25, 0.3) is 0 Å². The Hall–Kier alpha value is -1.20. The van der Waals surface area contributed by atoms with Gasteiger partial charge in [-0.1, -0.05) is 23.5 Å². The molecule has 0 unspecified atom stereocenters. The highest BCUT2D eigenvalue weighted by molar-refractivity contribution is 8.13. The SMILES string of the molecule is CSC(=NC#N)/N=c1/nc(SC)n(C)n1C. The summed E-state index contributed by atoms with van der Waals surface area (Å²) in [5.41, 5.74) is 0.537. The number of rotatable bonds is 1. The van der Waals surface area contributed by atoms with Crippen LogP contribution in [0.5, 0.6) is 0 Å². The fraction of sp³-hybridized carbons (Fsp3) is 0.500. The number of hydrogen-bond donors (Lipinski definition) is 0. The lowest BCUT2D eigenvalue weighted by Crippen LogP contribution is -2.21. The lowest BCUT2D eigenvalue weighted by molar-refractivity contribution is 0.538. The zero-order valence-corrected chi connectivity index (χ0v) is 11.1. The van der Waals surface area contributed by atoms with Crippen LogP contribution in [0.2, 0.25) is 0 Å². The molecule has 0 aliphatic carbocycles. The van der Waals surface area contributed by atoms with E-state index in [4.69, 9.17) is 5.26 Å². The topological polar surface area (TPSA) is 71.3 Å². The molecule has 1 heterocycles. The summed E-state index contributed by atoms with van der Waals surface area (Å²) < 4.78 is 3.68. The van der Waals surface area contributed by atoms with Gasteiger partial charge in [0.05, 0.1) is 0 Å². The van der Waals surface area contributed by atoms with Crippen LogP contribution in [-0.2, 0) is 14.1 Å². The molecule has 0 spiro atoms. The van der Waals surface area contributed by atoms with E-state index in [0.29, 0.717) is 10.8 Å². The van der Waals surface area contributed by atoms with Gasteiger partial charge in [-0.2, -0.15) is 15.2 Å². The number of nitriles is 1. The molecule has 0 amide bonds. The summed E-state index contributed by atoms with van der Waals surface area (Å²) in [6.45, 7) is 0. The third-order valence-electron chi connectivity index (χ3n) is 1.92. The van der Waals surface area contributed by atoms with Gasteiger partial charge in [0.1, 0.15) is 0 Å². The fourth-order valence-corrected chi connectivity index (χ4v) is 1.88. The highest BCUT2D eigenvalue weighted by Crippen LogP contribution is 2.07. The molecule has 0 aliphatic rings. The summed E-state index contributed by atoms with van der Waals surface area (Å²) in [4.78, 5) is 12.1. The van der Waals surface area contributed by atoms with Crippen LogP contribution in [0.1, 0.15) is 0 Å². The molecular weight excluding hydrogens is 244 g/mol. The molecule has 1 aromatic rings. The monoisotopic (exact) mass is 256 g/mol. The van der Waals surface area contributed by atoms with E-state index < -0.39 is 0 Å². The number of thioether (sulfide) groups is 2. The Morgan fingerprint density at radius 2 is 2.06 bits per heavy atom. The minimum absolute atomic E-state index is 0.406. The Morgan fingerprint density at radius 1 is 1.38 bits per heavy atom. The fourth-order valence-electron chi connectivity index (χ4n) is 1.01. The van der Waals surface area contributed by atoms with Crippen molar-refractivity contribution in [3.63, 3.8) is 0 Å². The maximum atomic E-state index is 8.47. The zero-order valence-electron chi connectivity index (χ0n) is 9.50. The van der Waals surface area contributed by atoms with Crippen LogP contribution in [0.3, 0.4) is 0 Å². The molecule has 6 nitrogen and oxygen atoms in total. The number of aliphatic imine (C=N–C) groups is 1. The van der Waals surface area contributed by atoms with Gasteiger partial charge in [-0.25, -0.2) is 0 Å². The number of hydrogen-bond acceptors (Lipinski definition) is 5. The predicted molar refractivity (Wildman–Crippen MR) is 66.1 cm³/mol. The molecule has 8 heteroatoms. The number of nitrogens with zero attached hydrogens (tertiary/aromatic N) is 6. The Balaban J connectivity index is 3.29. The number of aromatic nitrogens is 3. The zero-order chi connectivity index (χ0) is 12.1. The van der Waals surface area contributed by atoms with Crippen molar-refractivity contribution < 1.29 is 0 Å². The summed E-state index contributed by atoms with van der Waals surface area (Å²) in [5, 5.41) is 9.74. The van der Waals surface area contributed by atoms with Crippen LogP contribution < -0.4 is 5.62 Å². The Morgan fingerprint density at radius 3 is 2.50 bits per heavy atom. The minimum Gasteiger partial charge on any atom is -0.263 e. The second kappa shape index (κ2) is 5.77. The first-order valence-corrected chi connectivity index (χ1v) is 6.78. The molecular formula is C8H12N6S2. The summed E-state index contributed by atoms with van der Waals surface area (Å²) in [6, 6.07) is 0. The van der Waals surface area contributed by atoms with E-state index in [1.165, 1.54) is 23.5 Å². The van der Waals surface area contributed by atoms with Crippen LogP contribution in [0, 0.1) is 11.5 Å². The third-order valence-corrected chi connectivity index (χ3v) is 3.19.